The summed E-state index contributed by atoms with van der Waals surface area (Å²) in [5.74, 6) is 0.982. The third-order valence-electron chi connectivity index (χ3n) is 3.71. The average molecular weight is 331 g/mol. The maximum atomic E-state index is 4.27. The molecule has 1 aromatic rings. The van der Waals surface area contributed by atoms with Gasteiger partial charge in [-0.3, -0.25) is 0 Å². The molecule has 1 aliphatic rings. The number of hydrogen-bond donors (Lipinski definition) is 1. The Labute approximate surface area is 111 Å². The second-order valence-electron chi connectivity index (χ2n) is 4.63. The van der Waals surface area contributed by atoms with E-state index >= 15 is 0 Å². The summed E-state index contributed by atoms with van der Waals surface area (Å²) < 4.78 is 1.10. The van der Waals surface area contributed by atoms with E-state index in [4.69, 9.17) is 0 Å². The van der Waals surface area contributed by atoms with Gasteiger partial charge in [-0.1, -0.05) is 19.8 Å². The molecule has 1 aliphatic carbocycles. The molecule has 0 atom stereocenters. The Hall–Kier alpha value is -0.390. The highest BCUT2D eigenvalue weighted by Crippen LogP contribution is 2.40. The fourth-order valence-electron chi connectivity index (χ4n) is 2.49. The molecule has 0 aliphatic heterocycles. The number of nitrogens with one attached hydrogen (secondary N) is 1. The van der Waals surface area contributed by atoms with E-state index in [1.165, 1.54) is 32.1 Å². The molecular formula is C12H18IN3. The van der Waals surface area contributed by atoms with Crippen LogP contribution in [0.15, 0.2) is 12.5 Å². The molecule has 0 unspecified atom stereocenters. The number of anilines is 1. The third kappa shape index (κ3) is 2.64. The Kier molecular flexibility index (Phi) is 4.00. The lowest BCUT2D eigenvalue weighted by Gasteiger charge is -2.28. The zero-order valence-corrected chi connectivity index (χ0v) is 11.8. The molecule has 1 aromatic heterocycles. The van der Waals surface area contributed by atoms with Crippen molar-refractivity contribution in [3.63, 3.8) is 0 Å². The Bertz CT molecular complexity index is 348. The van der Waals surface area contributed by atoms with E-state index in [0.717, 1.165) is 15.9 Å². The summed E-state index contributed by atoms with van der Waals surface area (Å²) in [6, 6.07) is 0. The van der Waals surface area contributed by atoms with Gasteiger partial charge in [-0.15, -0.1) is 0 Å². The maximum Gasteiger partial charge on any atom is 0.142 e. The molecule has 0 amide bonds. The molecule has 88 valence electrons. The van der Waals surface area contributed by atoms with Crippen molar-refractivity contribution in [2.75, 3.05) is 11.9 Å². The fourth-order valence-corrected chi connectivity index (χ4v) is 2.99. The summed E-state index contributed by atoms with van der Waals surface area (Å²) in [6.45, 7) is 3.36. The van der Waals surface area contributed by atoms with Crippen LogP contribution < -0.4 is 5.32 Å². The van der Waals surface area contributed by atoms with Gasteiger partial charge in [0.2, 0.25) is 0 Å². The quantitative estimate of drug-likeness (QED) is 0.859. The smallest absolute Gasteiger partial charge is 0.142 e. The van der Waals surface area contributed by atoms with Crippen LogP contribution in [-0.2, 0) is 0 Å². The van der Waals surface area contributed by atoms with Crippen molar-refractivity contribution in [2.45, 2.75) is 39.0 Å². The van der Waals surface area contributed by atoms with Crippen molar-refractivity contribution in [2.24, 2.45) is 5.41 Å². The van der Waals surface area contributed by atoms with Crippen LogP contribution >= 0.6 is 22.6 Å². The Balaban J connectivity index is 1.98. The van der Waals surface area contributed by atoms with Gasteiger partial charge in [0, 0.05) is 12.7 Å². The molecule has 3 nitrogen and oxygen atoms in total. The van der Waals surface area contributed by atoms with Crippen molar-refractivity contribution in [3.8, 4) is 0 Å². The molecule has 16 heavy (non-hydrogen) atoms. The van der Waals surface area contributed by atoms with E-state index in [0.29, 0.717) is 5.41 Å². The van der Waals surface area contributed by atoms with E-state index < -0.39 is 0 Å². The summed E-state index contributed by atoms with van der Waals surface area (Å²) in [5, 5.41) is 3.49. The largest absolute Gasteiger partial charge is 0.369 e. The van der Waals surface area contributed by atoms with Crippen LogP contribution in [0.2, 0.25) is 0 Å². The monoisotopic (exact) mass is 331 g/mol. The first-order chi connectivity index (χ1) is 7.76. The van der Waals surface area contributed by atoms with Gasteiger partial charge in [-0.2, -0.15) is 0 Å². The van der Waals surface area contributed by atoms with E-state index in [1.54, 1.807) is 6.33 Å². The molecule has 2 rings (SSSR count). The summed E-state index contributed by atoms with van der Waals surface area (Å²) in [6.07, 6.45) is 10.2. The van der Waals surface area contributed by atoms with Crippen LogP contribution in [0.3, 0.4) is 0 Å². The molecule has 1 fully saturated rings. The predicted octanol–water partition coefficient (Wildman–Crippen LogP) is 3.46. The molecule has 0 saturated heterocycles. The van der Waals surface area contributed by atoms with Crippen LogP contribution in [0, 0.1) is 8.99 Å². The molecular weight excluding hydrogens is 313 g/mol. The average Bonchev–Trinajstić information content (AvgIpc) is 2.78. The van der Waals surface area contributed by atoms with Gasteiger partial charge in [-0.25, -0.2) is 9.97 Å². The van der Waals surface area contributed by atoms with E-state index in [2.05, 4.69) is 44.8 Å². The van der Waals surface area contributed by atoms with Gasteiger partial charge in [0.25, 0.3) is 0 Å². The first-order valence-electron chi connectivity index (χ1n) is 5.95. The SMILES string of the molecule is CCC1(CNc2ncncc2I)CCCC1. The van der Waals surface area contributed by atoms with Crippen LogP contribution in [0.4, 0.5) is 5.82 Å². The van der Waals surface area contributed by atoms with Gasteiger partial charge >= 0.3 is 0 Å². The van der Waals surface area contributed by atoms with Crippen LogP contribution in [0.5, 0.6) is 0 Å². The second-order valence-corrected chi connectivity index (χ2v) is 5.80. The van der Waals surface area contributed by atoms with E-state index in [9.17, 15) is 0 Å². The van der Waals surface area contributed by atoms with Gasteiger partial charge < -0.3 is 5.32 Å². The third-order valence-corrected chi connectivity index (χ3v) is 4.50. The summed E-state index contributed by atoms with van der Waals surface area (Å²) in [5.41, 5.74) is 0.508. The van der Waals surface area contributed by atoms with Gasteiger partial charge in [0.1, 0.15) is 12.1 Å². The van der Waals surface area contributed by atoms with Crippen molar-refractivity contribution in [3.05, 3.63) is 16.1 Å². The number of rotatable bonds is 4. The lowest BCUT2D eigenvalue weighted by molar-refractivity contribution is 0.306. The highest BCUT2D eigenvalue weighted by atomic mass is 127. The number of halogens is 1. The van der Waals surface area contributed by atoms with Crippen LogP contribution in [0.25, 0.3) is 0 Å². The van der Waals surface area contributed by atoms with Crippen LogP contribution in [-0.4, -0.2) is 16.5 Å². The first-order valence-corrected chi connectivity index (χ1v) is 7.03. The minimum absolute atomic E-state index is 0.508. The summed E-state index contributed by atoms with van der Waals surface area (Å²) in [4.78, 5) is 8.28. The minimum atomic E-state index is 0.508. The molecule has 0 bridgehead atoms. The standard InChI is InChI=1S/C12H18IN3/c1-2-12(5-3-4-6-12)8-15-11-10(13)7-14-9-16-11/h7,9H,2-6,8H2,1H3,(H,14,15,16). The lowest BCUT2D eigenvalue weighted by Crippen LogP contribution is -2.26. The highest BCUT2D eigenvalue weighted by molar-refractivity contribution is 14.1. The molecule has 1 N–H and O–H groups in total. The second kappa shape index (κ2) is 5.29. The topological polar surface area (TPSA) is 37.8 Å². The van der Waals surface area contributed by atoms with Gasteiger partial charge in [-0.05, 0) is 47.3 Å². The molecule has 0 spiro atoms. The zero-order chi connectivity index (χ0) is 11.4. The Morgan fingerprint density at radius 1 is 1.44 bits per heavy atom. The molecule has 4 heteroatoms. The highest BCUT2D eigenvalue weighted by Gasteiger charge is 2.31. The predicted molar refractivity (Wildman–Crippen MR) is 74.4 cm³/mol. The number of hydrogen-bond acceptors (Lipinski definition) is 3. The lowest BCUT2D eigenvalue weighted by atomic mass is 9.83. The molecule has 0 radical (unpaired) electrons. The Morgan fingerprint density at radius 3 is 2.81 bits per heavy atom. The molecule has 1 heterocycles. The Morgan fingerprint density at radius 2 is 2.19 bits per heavy atom. The summed E-state index contributed by atoms with van der Waals surface area (Å²) >= 11 is 2.28. The normalized spacial score (nSPS) is 18.6. The van der Waals surface area contributed by atoms with Gasteiger partial charge in [0.15, 0.2) is 0 Å². The van der Waals surface area contributed by atoms with Crippen molar-refractivity contribution < 1.29 is 0 Å². The fraction of sp³-hybridized carbons (Fsp3) is 0.667. The zero-order valence-electron chi connectivity index (χ0n) is 9.67. The van der Waals surface area contributed by atoms with Crippen molar-refractivity contribution >= 4 is 28.4 Å². The minimum Gasteiger partial charge on any atom is -0.369 e. The first kappa shape index (κ1) is 12.1. The molecule has 0 aromatic carbocycles. The number of aromatic nitrogens is 2. The summed E-state index contributed by atoms with van der Waals surface area (Å²) in [7, 11) is 0. The maximum absolute atomic E-state index is 4.27. The molecule has 1 saturated carbocycles. The van der Waals surface area contributed by atoms with E-state index in [1.807, 2.05) is 6.20 Å². The van der Waals surface area contributed by atoms with Crippen molar-refractivity contribution in [1.82, 2.24) is 9.97 Å². The van der Waals surface area contributed by atoms with Gasteiger partial charge in [0.05, 0.1) is 3.57 Å². The van der Waals surface area contributed by atoms with Crippen molar-refractivity contribution in [1.29, 1.82) is 0 Å². The number of nitrogens with zero attached hydrogens (tertiary/aromatic N) is 2. The van der Waals surface area contributed by atoms with Crippen LogP contribution in [0.1, 0.15) is 39.0 Å². The van der Waals surface area contributed by atoms with E-state index in [-0.39, 0.29) is 0 Å².